The van der Waals surface area contributed by atoms with Crippen molar-refractivity contribution in [2.24, 2.45) is 11.8 Å². The third-order valence-corrected chi connectivity index (χ3v) is 5.79. The molecule has 2 atom stereocenters. The summed E-state index contributed by atoms with van der Waals surface area (Å²) in [6.45, 7) is -0.0826. The Morgan fingerprint density at radius 1 is 0.773 bits per heavy atom. The van der Waals surface area contributed by atoms with Gasteiger partial charge in [0.2, 0.25) is 0 Å². The molecule has 5 rings (SSSR count). The van der Waals surface area contributed by atoms with Gasteiger partial charge in [-0.1, -0.05) is 48.5 Å². The average molecular weight is 296 g/mol. The van der Waals surface area contributed by atoms with E-state index in [0.717, 1.165) is 11.1 Å². The first kappa shape index (κ1) is 13.9. The molecular weight excluding hydrogens is 276 g/mol. The smallest absolute Gasteiger partial charge is 0.0572 e. The van der Waals surface area contributed by atoms with Gasteiger partial charge in [0.25, 0.3) is 0 Å². The Morgan fingerprint density at radius 3 is 1.77 bits per heavy atom. The van der Waals surface area contributed by atoms with Crippen LogP contribution in [0.25, 0.3) is 0 Å². The van der Waals surface area contributed by atoms with E-state index in [0.29, 0.717) is 0 Å². The number of aliphatic hydroxyl groups excluding tert-OH is 3. The normalized spacial score (nSPS) is 31.7. The second kappa shape index (κ2) is 4.92. The third kappa shape index (κ3) is 1.46. The zero-order valence-electron chi connectivity index (χ0n) is 12.3. The van der Waals surface area contributed by atoms with Gasteiger partial charge in [-0.3, -0.25) is 0 Å². The van der Waals surface area contributed by atoms with Gasteiger partial charge >= 0.3 is 0 Å². The molecule has 3 aliphatic carbocycles. The first-order valence-electron chi connectivity index (χ1n) is 7.81. The molecule has 2 bridgehead atoms. The van der Waals surface area contributed by atoms with Crippen molar-refractivity contribution >= 4 is 0 Å². The van der Waals surface area contributed by atoms with Crippen LogP contribution in [-0.4, -0.2) is 35.1 Å². The van der Waals surface area contributed by atoms with Crippen molar-refractivity contribution in [2.75, 3.05) is 19.8 Å². The monoisotopic (exact) mass is 296 g/mol. The van der Waals surface area contributed by atoms with E-state index in [4.69, 9.17) is 0 Å². The maximum absolute atomic E-state index is 10.4. The molecule has 3 N–H and O–H groups in total. The summed E-state index contributed by atoms with van der Waals surface area (Å²) in [6.07, 6.45) is 0. The molecule has 3 nitrogen and oxygen atoms in total. The van der Waals surface area contributed by atoms with Crippen LogP contribution in [0.2, 0.25) is 0 Å². The van der Waals surface area contributed by atoms with E-state index < -0.39 is 5.41 Å². The number of fused-ring (bicyclic) bond motifs is 1. The van der Waals surface area contributed by atoms with Crippen LogP contribution in [0.15, 0.2) is 48.5 Å². The molecule has 114 valence electrons. The number of rotatable bonds is 3. The third-order valence-electron chi connectivity index (χ3n) is 5.79. The van der Waals surface area contributed by atoms with Crippen molar-refractivity contribution in [3.8, 4) is 0 Å². The Hall–Kier alpha value is -1.68. The number of benzene rings is 2. The van der Waals surface area contributed by atoms with Crippen molar-refractivity contribution in [3.05, 3.63) is 70.8 Å². The Labute approximate surface area is 129 Å². The summed E-state index contributed by atoms with van der Waals surface area (Å²) < 4.78 is 0. The van der Waals surface area contributed by atoms with Crippen LogP contribution in [0, 0.1) is 11.8 Å². The van der Waals surface area contributed by atoms with Crippen LogP contribution in [0.5, 0.6) is 0 Å². The SMILES string of the molecule is OCC1C2c3ccccc3C(CO)(c3ccccc32)C1CO. The minimum atomic E-state index is -0.621. The van der Waals surface area contributed by atoms with E-state index in [9.17, 15) is 15.3 Å². The van der Waals surface area contributed by atoms with Gasteiger partial charge in [-0.25, -0.2) is 0 Å². The molecule has 0 radical (unpaired) electrons. The highest BCUT2D eigenvalue weighted by atomic mass is 16.3. The predicted octanol–water partition coefficient (Wildman–Crippen LogP) is 1.64. The van der Waals surface area contributed by atoms with Gasteiger partial charge in [-0.2, -0.15) is 0 Å². The second-order valence-corrected chi connectivity index (χ2v) is 6.42. The van der Waals surface area contributed by atoms with E-state index >= 15 is 0 Å². The fraction of sp³-hybridized carbons (Fsp3) is 0.368. The lowest BCUT2D eigenvalue weighted by atomic mass is 9.47. The van der Waals surface area contributed by atoms with E-state index in [-0.39, 0.29) is 37.6 Å². The molecule has 3 heteroatoms. The summed E-state index contributed by atoms with van der Waals surface area (Å²) in [6, 6.07) is 16.3. The standard InChI is InChI=1S/C19H20O3/c20-9-14-17(10-21)19(11-22)15-7-3-1-5-12(15)18(14)13-6-2-4-8-16(13)19/h1-8,14,17-18,20-22H,9-11H2. The van der Waals surface area contributed by atoms with E-state index in [1.165, 1.54) is 11.1 Å². The average Bonchev–Trinajstić information content (AvgIpc) is 2.60. The molecule has 2 aromatic rings. The van der Waals surface area contributed by atoms with E-state index in [1.54, 1.807) is 0 Å². The van der Waals surface area contributed by atoms with Crippen LogP contribution >= 0.6 is 0 Å². The molecule has 0 aromatic heterocycles. The van der Waals surface area contributed by atoms with Crippen molar-refractivity contribution in [1.29, 1.82) is 0 Å². The molecule has 0 heterocycles. The number of aliphatic hydroxyl groups is 3. The van der Waals surface area contributed by atoms with Gasteiger partial charge in [0, 0.05) is 30.5 Å². The summed E-state index contributed by atoms with van der Waals surface area (Å²) in [5.41, 5.74) is 3.94. The fourth-order valence-corrected chi connectivity index (χ4v) is 4.93. The minimum absolute atomic E-state index is 0.0142. The van der Waals surface area contributed by atoms with Crippen LogP contribution < -0.4 is 0 Å². The van der Waals surface area contributed by atoms with Gasteiger partial charge in [-0.05, 0) is 28.2 Å². The molecule has 0 saturated carbocycles. The predicted molar refractivity (Wildman–Crippen MR) is 83.7 cm³/mol. The quantitative estimate of drug-likeness (QED) is 0.807. The van der Waals surface area contributed by atoms with Crippen molar-refractivity contribution in [1.82, 2.24) is 0 Å². The maximum Gasteiger partial charge on any atom is 0.0572 e. The van der Waals surface area contributed by atoms with E-state index in [1.807, 2.05) is 24.3 Å². The molecule has 0 aliphatic heterocycles. The van der Waals surface area contributed by atoms with Crippen LogP contribution in [0.3, 0.4) is 0 Å². The lowest BCUT2D eigenvalue weighted by molar-refractivity contribution is 0.0172. The Kier molecular flexibility index (Phi) is 3.12. The summed E-state index contributed by atoms with van der Waals surface area (Å²) in [5, 5.41) is 30.4. The fourth-order valence-electron chi connectivity index (χ4n) is 4.93. The molecule has 0 amide bonds. The number of hydrogen-bond acceptors (Lipinski definition) is 3. The Bertz CT molecular complexity index is 662. The molecule has 0 saturated heterocycles. The highest BCUT2D eigenvalue weighted by Crippen LogP contribution is 2.60. The second-order valence-electron chi connectivity index (χ2n) is 6.42. The minimum Gasteiger partial charge on any atom is -0.396 e. The highest BCUT2D eigenvalue weighted by Gasteiger charge is 2.57. The van der Waals surface area contributed by atoms with Gasteiger partial charge in [0.15, 0.2) is 0 Å². The largest absolute Gasteiger partial charge is 0.396 e. The topological polar surface area (TPSA) is 60.7 Å². The van der Waals surface area contributed by atoms with E-state index in [2.05, 4.69) is 24.3 Å². The lowest BCUT2D eigenvalue weighted by Crippen LogP contribution is -2.56. The molecule has 3 aliphatic rings. The molecule has 22 heavy (non-hydrogen) atoms. The zero-order chi connectivity index (χ0) is 15.3. The van der Waals surface area contributed by atoms with Gasteiger partial charge in [0.1, 0.15) is 0 Å². The zero-order valence-corrected chi connectivity index (χ0v) is 12.3. The highest BCUT2D eigenvalue weighted by molar-refractivity contribution is 5.60. The molecule has 0 spiro atoms. The van der Waals surface area contributed by atoms with Crippen LogP contribution in [-0.2, 0) is 5.41 Å². The summed E-state index contributed by atoms with van der Waals surface area (Å²) >= 11 is 0. The van der Waals surface area contributed by atoms with Crippen LogP contribution in [0.1, 0.15) is 28.2 Å². The summed E-state index contributed by atoms with van der Waals surface area (Å²) in [5.74, 6) is -0.151. The Balaban J connectivity index is 2.11. The summed E-state index contributed by atoms with van der Waals surface area (Å²) in [7, 11) is 0. The molecule has 2 unspecified atom stereocenters. The first-order chi connectivity index (χ1) is 10.8. The van der Waals surface area contributed by atoms with Gasteiger partial charge in [0.05, 0.1) is 6.61 Å². The lowest BCUT2D eigenvalue weighted by Gasteiger charge is -2.56. The summed E-state index contributed by atoms with van der Waals surface area (Å²) in [4.78, 5) is 0. The Morgan fingerprint density at radius 2 is 1.32 bits per heavy atom. The van der Waals surface area contributed by atoms with Crippen molar-refractivity contribution < 1.29 is 15.3 Å². The molecular formula is C19H20O3. The molecule has 0 fully saturated rings. The van der Waals surface area contributed by atoms with Gasteiger partial charge < -0.3 is 15.3 Å². The van der Waals surface area contributed by atoms with Crippen molar-refractivity contribution in [2.45, 2.75) is 11.3 Å². The van der Waals surface area contributed by atoms with Crippen molar-refractivity contribution in [3.63, 3.8) is 0 Å². The first-order valence-corrected chi connectivity index (χ1v) is 7.81. The van der Waals surface area contributed by atoms with Gasteiger partial charge in [-0.15, -0.1) is 0 Å². The van der Waals surface area contributed by atoms with Crippen LogP contribution in [0.4, 0.5) is 0 Å². The molecule has 2 aromatic carbocycles. The number of hydrogen-bond donors (Lipinski definition) is 3. The maximum atomic E-state index is 10.4.